The smallest absolute Gasteiger partial charge is 0.259 e. The van der Waals surface area contributed by atoms with Crippen LogP contribution in [-0.2, 0) is 6.54 Å². The molecule has 0 aliphatic rings. The average molecular weight is 340 g/mol. The van der Waals surface area contributed by atoms with Gasteiger partial charge in [-0.1, -0.05) is 0 Å². The first kappa shape index (κ1) is 16.1. The highest BCUT2D eigenvalue weighted by atomic mass is 32.1. The van der Waals surface area contributed by atoms with Crippen molar-refractivity contribution in [1.29, 1.82) is 0 Å². The van der Waals surface area contributed by atoms with Gasteiger partial charge in [-0.3, -0.25) is 9.78 Å². The van der Waals surface area contributed by atoms with Crippen LogP contribution in [0.15, 0.2) is 49.1 Å². The van der Waals surface area contributed by atoms with Crippen molar-refractivity contribution < 1.29 is 9.53 Å². The Balaban J connectivity index is 1.79. The first-order valence-corrected chi connectivity index (χ1v) is 8.15. The van der Waals surface area contributed by atoms with Crippen molar-refractivity contribution in [3.8, 4) is 11.6 Å². The Morgan fingerprint density at radius 1 is 1.21 bits per heavy atom. The minimum Gasteiger partial charge on any atom is -0.437 e. The quantitative estimate of drug-likeness (QED) is 0.713. The van der Waals surface area contributed by atoms with Crippen LogP contribution >= 0.6 is 11.3 Å². The van der Waals surface area contributed by atoms with Crippen LogP contribution in [0.25, 0.3) is 0 Å². The molecule has 3 aromatic rings. The molecule has 0 N–H and O–H groups in total. The lowest BCUT2D eigenvalue weighted by molar-refractivity contribution is 0.0783. The number of nitrogens with zero attached hydrogens (tertiary/aromatic N) is 4. The fourth-order valence-electron chi connectivity index (χ4n) is 2.14. The van der Waals surface area contributed by atoms with E-state index >= 15 is 0 Å². The molecular weight excluding hydrogens is 324 g/mol. The van der Waals surface area contributed by atoms with Crippen molar-refractivity contribution in [2.75, 3.05) is 7.05 Å². The molecule has 0 bridgehead atoms. The maximum absolute atomic E-state index is 12.7. The van der Waals surface area contributed by atoms with Gasteiger partial charge in [0.05, 0.1) is 17.7 Å². The van der Waals surface area contributed by atoms with E-state index in [1.807, 2.05) is 6.92 Å². The lowest BCUT2D eigenvalue weighted by Gasteiger charge is -2.17. The Labute approximate surface area is 143 Å². The van der Waals surface area contributed by atoms with E-state index in [1.54, 1.807) is 72.3 Å². The largest absolute Gasteiger partial charge is 0.437 e. The third-order valence-electron chi connectivity index (χ3n) is 3.26. The van der Waals surface area contributed by atoms with Gasteiger partial charge in [0.25, 0.3) is 5.91 Å². The monoisotopic (exact) mass is 340 g/mol. The number of rotatable bonds is 5. The number of amides is 1. The summed E-state index contributed by atoms with van der Waals surface area (Å²) in [6, 6.07) is 6.95. The Kier molecular flexibility index (Phi) is 4.81. The summed E-state index contributed by atoms with van der Waals surface area (Å²) in [6.07, 6.45) is 6.62. The predicted octanol–water partition coefficient (Wildman–Crippen LogP) is 3.31. The normalized spacial score (nSPS) is 10.4. The van der Waals surface area contributed by atoms with E-state index in [2.05, 4.69) is 15.0 Å². The van der Waals surface area contributed by atoms with Crippen LogP contribution in [0.4, 0.5) is 0 Å². The fraction of sp³-hybridized carbons (Fsp3) is 0.176. The molecule has 0 aliphatic heterocycles. The van der Waals surface area contributed by atoms with Gasteiger partial charge in [0.15, 0.2) is 0 Å². The van der Waals surface area contributed by atoms with Gasteiger partial charge in [-0.15, -0.1) is 11.3 Å². The SMILES string of the molecule is Cc1ncc(CN(C)C(=O)c2cccnc2Oc2cccnc2)s1. The first-order chi connectivity index (χ1) is 11.6. The molecule has 3 heterocycles. The molecule has 24 heavy (non-hydrogen) atoms. The molecule has 0 saturated heterocycles. The molecule has 0 saturated carbocycles. The van der Waals surface area contributed by atoms with Crippen molar-refractivity contribution in [3.63, 3.8) is 0 Å². The number of hydrogen-bond acceptors (Lipinski definition) is 6. The van der Waals surface area contributed by atoms with Gasteiger partial charge in [0.1, 0.15) is 11.3 Å². The highest BCUT2D eigenvalue weighted by Gasteiger charge is 2.19. The van der Waals surface area contributed by atoms with Gasteiger partial charge in [-0.25, -0.2) is 9.97 Å². The summed E-state index contributed by atoms with van der Waals surface area (Å²) < 4.78 is 5.70. The summed E-state index contributed by atoms with van der Waals surface area (Å²) in [7, 11) is 1.75. The molecule has 122 valence electrons. The molecule has 0 aromatic carbocycles. The van der Waals surface area contributed by atoms with Gasteiger partial charge in [-0.05, 0) is 31.2 Å². The summed E-state index contributed by atoms with van der Waals surface area (Å²) in [5.74, 6) is 0.641. The van der Waals surface area contributed by atoms with Crippen molar-refractivity contribution in [2.45, 2.75) is 13.5 Å². The lowest BCUT2D eigenvalue weighted by Crippen LogP contribution is -2.26. The number of carbonyl (C=O) groups is 1. The Morgan fingerprint density at radius 2 is 2.04 bits per heavy atom. The first-order valence-electron chi connectivity index (χ1n) is 7.33. The molecule has 0 spiro atoms. The van der Waals surface area contributed by atoms with Gasteiger partial charge < -0.3 is 9.64 Å². The third-order valence-corrected chi connectivity index (χ3v) is 4.16. The molecule has 0 fully saturated rings. The second kappa shape index (κ2) is 7.18. The zero-order valence-corrected chi connectivity index (χ0v) is 14.2. The molecule has 6 nitrogen and oxygen atoms in total. The average Bonchev–Trinajstić information content (AvgIpc) is 3.00. The summed E-state index contributed by atoms with van der Waals surface area (Å²) >= 11 is 1.58. The molecule has 1 amide bonds. The van der Waals surface area contributed by atoms with Gasteiger partial charge in [-0.2, -0.15) is 0 Å². The molecule has 3 aromatic heterocycles. The highest BCUT2D eigenvalue weighted by Crippen LogP contribution is 2.24. The molecule has 0 aliphatic carbocycles. The van der Waals surface area contributed by atoms with Crippen LogP contribution in [0.3, 0.4) is 0 Å². The predicted molar refractivity (Wildman–Crippen MR) is 91.2 cm³/mol. The second-order valence-corrected chi connectivity index (χ2v) is 6.47. The van der Waals surface area contributed by atoms with E-state index in [-0.39, 0.29) is 11.8 Å². The lowest BCUT2D eigenvalue weighted by atomic mass is 10.2. The van der Waals surface area contributed by atoms with Gasteiger partial charge in [0.2, 0.25) is 5.88 Å². The Morgan fingerprint density at radius 3 is 2.75 bits per heavy atom. The molecule has 0 radical (unpaired) electrons. The van der Waals surface area contributed by atoms with Crippen LogP contribution in [0.1, 0.15) is 20.2 Å². The maximum atomic E-state index is 12.7. The summed E-state index contributed by atoms with van der Waals surface area (Å²) in [5.41, 5.74) is 0.407. The van der Waals surface area contributed by atoms with E-state index < -0.39 is 0 Å². The highest BCUT2D eigenvalue weighted by molar-refractivity contribution is 7.11. The Bertz CT molecular complexity index is 835. The second-order valence-electron chi connectivity index (χ2n) is 5.15. The van der Waals surface area contributed by atoms with Crippen molar-refractivity contribution in [2.24, 2.45) is 0 Å². The number of carbonyl (C=O) groups excluding carboxylic acids is 1. The molecule has 0 atom stereocenters. The van der Waals surface area contributed by atoms with E-state index in [1.165, 1.54) is 0 Å². The fourth-order valence-corrected chi connectivity index (χ4v) is 2.99. The molecule has 7 heteroatoms. The van der Waals surface area contributed by atoms with Crippen LogP contribution in [0, 0.1) is 6.92 Å². The van der Waals surface area contributed by atoms with Gasteiger partial charge >= 0.3 is 0 Å². The van der Waals surface area contributed by atoms with Crippen LogP contribution in [-0.4, -0.2) is 32.8 Å². The number of pyridine rings is 2. The minimum atomic E-state index is -0.159. The number of aromatic nitrogens is 3. The van der Waals surface area contributed by atoms with E-state index in [4.69, 9.17) is 4.74 Å². The van der Waals surface area contributed by atoms with E-state index in [0.717, 1.165) is 9.88 Å². The Hall–Kier alpha value is -2.80. The minimum absolute atomic E-state index is 0.159. The zero-order chi connectivity index (χ0) is 16.9. The molecular formula is C17H16N4O2S. The number of aryl methyl sites for hydroxylation is 1. The van der Waals surface area contributed by atoms with Crippen LogP contribution in [0.5, 0.6) is 11.6 Å². The molecule has 3 rings (SSSR count). The summed E-state index contributed by atoms with van der Waals surface area (Å²) in [6.45, 7) is 2.43. The third kappa shape index (κ3) is 3.75. The summed E-state index contributed by atoms with van der Waals surface area (Å²) in [5, 5.41) is 0.979. The van der Waals surface area contributed by atoms with Crippen molar-refractivity contribution >= 4 is 17.2 Å². The van der Waals surface area contributed by atoms with E-state index in [9.17, 15) is 4.79 Å². The number of hydrogen-bond donors (Lipinski definition) is 0. The maximum Gasteiger partial charge on any atom is 0.259 e. The zero-order valence-electron chi connectivity index (χ0n) is 13.3. The van der Waals surface area contributed by atoms with Crippen LogP contribution in [0.2, 0.25) is 0 Å². The van der Waals surface area contributed by atoms with Crippen LogP contribution < -0.4 is 4.74 Å². The summed E-state index contributed by atoms with van der Waals surface area (Å²) in [4.78, 5) is 27.8. The van der Waals surface area contributed by atoms with Crippen molar-refractivity contribution in [1.82, 2.24) is 19.9 Å². The van der Waals surface area contributed by atoms with E-state index in [0.29, 0.717) is 17.9 Å². The number of thiazole rings is 1. The topological polar surface area (TPSA) is 68.2 Å². The number of ether oxygens (including phenoxy) is 1. The standard InChI is InChI=1S/C17H16N4O2S/c1-12-20-10-14(24-12)11-21(2)17(22)15-6-4-8-19-16(15)23-13-5-3-7-18-9-13/h3-10H,11H2,1-2H3. The van der Waals surface area contributed by atoms with Crippen molar-refractivity contribution in [3.05, 3.63) is 64.5 Å². The van der Waals surface area contributed by atoms with Gasteiger partial charge in [0, 0.05) is 30.5 Å². The molecule has 0 unspecified atom stereocenters.